The third kappa shape index (κ3) is 2.76. The van der Waals surface area contributed by atoms with E-state index in [1.54, 1.807) is 23.7 Å². The first-order valence-corrected chi connectivity index (χ1v) is 5.77. The second kappa shape index (κ2) is 4.89. The molecule has 0 aliphatic carbocycles. The van der Waals surface area contributed by atoms with Crippen molar-refractivity contribution < 1.29 is 0 Å². The molecule has 0 bridgehead atoms. The lowest BCUT2D eigenvalue weighted by molar-refractivity contribution is 0.795. The molecule has 1 atom stereocenters. The van der Waals surface area contributed by atoms with Crippen molar-refractivity contribution in [2.24, 2.45) is 0 Å². The van der Waals surface area contributed by atoms with Crippen molar-refractivity contribution in [1.29, 1.82) is 0 Å². The first-order valence-electron chi connectivity index (χ1n) is 4.89. The van der Waals surface area contributed by atoms with Gasteiger partial charge < -0.3 is 5.32 Å². The normalized spacial score (nSPS) is 12.3. The molecule has 0 aromatic carbocycles. The minimum absolute atomic E-state index is 0.443. The van der Waals surface area contributed by atoms with Crippen LogP contribution in [-0.4, -0.2) is 16.5 Å². The molecule has 0 aliphatic rings. The predicted octanol–water partition coefficient (Wildman–Crippen LogP) is 2.75. The Labute approximate surface area is 93.2 Å². The molecule has 2 rings (SSSR count). The highest BCUT2D eigenvalue weighted by Gasteiger charge is 2.07. The summed E-state index contributed by atoms with van der Waals surface area (Å²) < 4.78 is 0. The van der Waals surface area contributed by atoms with Crippen LogP contribution >= 0.6 is 11.3 Å². The van der Waals surface area contributed by atoms with E-state index in [0.29, 0.717) is 5.92 Å². The highest BCUT2D eigenvalue weighted by atomic mass is 32.1. The van der Waals surface area contributed by atoms with Crippen LogP contribution in [0.4, 0.5) is 5.69 Å². The molecule has 15 heavy (non-hydrogen) atoms. The van der Waals surface area contributed by atoms with Gasteiger partial charge in [-0.15, -0.1) is 11.3 Å². The quantitative estimate of drug-likeness (QED) is 0.859. The van der Waals surface area contributed by atoms with Gasteiger partial charge in [0.1, 0.15) is 0 Å². The van der Waals surface area contributed by atoms with Gasteiger partial charge in [-0.2, -0.15) is 0 Å². The summed E-state index contributed by atoms with van der Waals surface area (Å²) in [7, 11) is 0. The summed E-state index contributed by atoms with van der Waals surface area (Å²) >= 11 is 1.70. The van der Waals surface area contributed by atoms with Crippen LogP contribution in [0.25, 0.3) is 0 Å². The van der Waals surface area contributed by atoms with Crippen LogP contribution < -0.4 is 5.32 Å². The molecule has 0 amide bonds. The van der Waals surface area contributed by atoms with Crippen molar-refractivity contribution in [2.75, 3.05) is 11.9 Å². The summed E-state index contributed by atoms with van der Waals surface area (Å²) in [6.45, 7) is 3.07. The second-order valence-electron chi connectivity index (χ2n) is 3.39. The van der Waals surface area contributed by atoms with E-state index < -0.39 is 0 Å². The third-order valence-electron chi connectivity index (χ3n) is 2.17. The van der Waals surface area contributed by atoms with Crippen molar-refractivity contribution in [1.82, 2.24) is 9.97 Å². The SMILES string of the molecule is CC(CNc1ccncc1)c1nccs1. The highest BCUT2D eigenvalue weighted by molar-refractivity contribution is 7.09. The van der Waals surface area contributed by atoms with Crippen LogP contribution in [-0.2, 0) is 0 Å². The van der Waals surface area contributed by atoms with Gasteiger partial charge >= 0.3 is 0 Å². The Balaban J connectivity index is 1.89. The van der Waals surface area contributed by atoms with Crippen LogP contribution in [0.2, 0.25) is 0 Å². The zero-order valence-electron chi connectivity index (χ0n) is 8.55. The number of rotatable bonds is 4. The monoisotopic (exact) mass is 219 g/mol. The molecule has 2 aromatic heterocycles. The maximum absolute atomic E-state index is 4.29. The van der Waals surface area contributed by atoms with Gasteiger partial charge in [0.2, 0.25) is 0 Å². The van der Waals surface area contributed by atoms with Crippen LogP contribution in [0.5, 0.6) is 0 Å². The molecule has 78 valence electrons. The fourth-order valence-electron chi connectivity index (χ4n) is 1.31. The fourth-order valence-corrected chi connectivity index (χ4v) is 2.00. The lowest BCUT2D eigenvalue weighted by atomic mass is 10.2. The standard InChI is InChI=1S/C11H13N3S/c1-9(11-13-6-7-15-11)8-14-10-2-4-12-5-3-10/h2-7,9H,8H2,1H3,(H,12,14). The van der Waals surface area contributed by atoms with Gasteiger partial charge in [0, 0.05) is 42.1 Å². The van der Waals surface area contributed by atoms with E-state index >= 15 is 0 Å². The van der Waals surface area contributed by atoms with Crippen LogP contribution in [0.3, 0.4) is 0 Å². The highest BCUT2D eigenvalue weighted by Crippen LogP contribution is 2.18. The number of aromatic nitrogens is 2. The van der Waals surface area contributed by atoms with E-state index in [1.165, 1.54) is 5.01 Å². The first kappa shape index (κ1) is 10.1. The fraction of sp³-hybridized carbons (Fsp3) is 0.273. The Kier molecular flexibility index (Phi) is 3.29. The molecule has 0 fully saturated rings. The van der Waals surface area contributed by atoms with Gasteiger partial charge in [-0.05, 0) is 12.1 Å². The molecule has 0 aliphatic heterocycles. The molecule has 0 saturated carbocycles. The topological polar surface area (TPSA) is 37.8 Å². The van der Waals surface area contributed by atoms with Crippen LogP contribution in [0.1, 0.15) is 17.8 Å². The van der Waals surface area contributed by atoms with Crippen molar-refractivity contribution >= 4 is 17.0 Å². The maximum Gasteiger partial charge on any atom is 0.0970 e. The largest absolute Gasteiger partial charge is 0.384 e. The maximum atomic E-state index is 4.29. The van der Waals surface area contributed by atoms with Crippen molar-refractivity contribution in [3.8, 4) is 0 Å². The lowest BCUT2D eigenvalue weighted by Crippen LogP contribution is -2.09. The molecular weight excluding hydrogens is 206 g/mol. The number of hydrogen-bond donors (Lipinski definition) is 1. The molecular formula is C11H13N3S. The van der Waals surface area contributed by atoms with E-state index in [-0.39, 0.29) is 0 Å². The van der Waals surface area contributed by atoms with Crippen molar-refractivity contribution in [3.63, 3.8) is 0 Å². The van der Waals surface area contributed by atoms with E-state index in [2.05, 4.69) is 22.2 Å². The number of hydrogen-bond acceptors (Lipinski definition) is 4. The van der Waals surface area contributed by atoms with E-state index in [1.807, 2.05) is 23.7 Å². The van der Waals surface area contributed by atoms with Gasteiger partial charge in [0.25, 0.3) is 0 Å². The average Bonchev–Trinajstić information content (AvgIpc) is 2.81. The van der Waals surface area contributed by atoms with E-state index in [4.69, 9.17) is 0 Å². The number of thiazole rings is 1. The number of pyridine rings is 1. The summed E-state index contributed by atoms with van der Waals surface area (Å²) in [4.78, 5) is 8.27. The third-order valence-corrected chi connectivity index (χ3v) is 3.17. The lowest BCUT2D eigenvalue weighted by Gasteiger charge is -2.10. The van der Waals surface area contributed by atoms with E-state index in [0.717, 1.165) is 12.2 Å². The average molecular weight is 219 g/mol. The minimum Gasteiger partial charge on any atom is -0.384 e. The molecule has 0 radical (unpaired) electrons. The Morgan fingerprint density at radius 1 is 1.33 bits per heavy atom. The van der Waals surface area contributed by atoms with Gasteiger partial charge in [-0.25, -0.2) is 4.98 Å². The Hall–Kier alpha value is -1.42. The van der Waals surface area contributed by atoms with Crippen LogP contribution in [0, 0.1) is 0 Å². The molecule has 0 spiro atoms. The molecule has 2 heterocycles. The molecule has 0 saturated heterocycles. The van der Waals surface area contributed by atoms with Gasteiger partial charge in [-0.3, -0.25) is 4.98 Å². The zero-order valence-corrected chi connectivity index (χ0v) is 9.37. The molecule has 2 aromatic rings. The number of anilines is 1. The zero-order chi connectivity index (χ0) is 10.5. The number of nitrogens with zero attached hydrogens (tertiary/aromatic N) is 2. The summed E-state index contributed by atoms with van der Waals surface area (Å²) in [5.74, 6) is 0.443. The summed E-state index contributed by atoms with van der Waals surface area (Å²) in [6.07, 6.45) is 5.43. The summed E-state index contributed by atoms with van der Waals surface area (Å²) in [6, 6.07) is 3.93. The first-order chi connectivity index (χ1) is 7.36. The Morgan fingerprint density at radius 3 is 2.80 bits per heavy atom. The minimum atomic E-state index is 0.443. The molecule has 1 unspecified atom stereocenters. The van der Waals surface area contributed by atoms with Gasteiger partial charge in [0.15, 0.2) is 0 Å². The second-order valence-corrected chi connectivity index (χ2v) is 4.31. The molecule has 3 nitrogen and oxygen atoms in total. The van der Waals surface area contributed by atoms with Crippen molar-refractivity contribution in [2.45, 2.75) is 12.8 Å². The van der Waals surface area contributed by atoms with Crippen LogP contribution in [0.15, 0.2) is 36.1 Å². The van der Waals surface area contributed by atoms with Gasteiger partial charge in [-0.1, -0.05) is 6.92 Å². The Bertz CT molecular complexity index is 385. The predicted molar refractivity (Wildman–Crippen MR) is 63.3 cm³/mol. The Morgan fingerprint density at radius 2 is 2.13 bits per heavy atom. The number of nitrogens with one attached hydrogen (secondary N) is 1. The smallest absolute Gasteiger partial charge is 0.0970 e. The van der Waals surface area contributed by atoms with Gasteiger partial charge in [0.05, 0.1) is 5.01 Å². The molecule has 4 heteroatoms. The summed E-state index contributed by atoms with van der Waals surface area (Å²) in [5.41, 5.74) is 1.11. The summed E-state index contributed by atoms with van der Waals surface area (Å²) in [5, 5.41) is 6.55. The van der Waals surface area contributed by atoms with E-state index in [9.17, 15) is 0 Å². The van der Waals surface area contributed by atoms with Crippen molar-refractivity contribution in [3.05, 3.63) is 41.1 Å². The molecule has 1 N–H and O–H groups in total.